The van der Waals surface area contributed by atoms with Crippen molar-refractivity contribution in [2.24, 2.45) is 0 Å². The number of aliphatic hydroxyl groups is 1. The molecule has 1 aliphatic rings. The van der Waals surface area contributed by atoms with Gasteiger partial charge in [0.15, 0.2) is 5.78 Å². The van der Waals surface area contributed by atoms with Crippen LogP contribution in [0.2, 0.25) is 0 Å². The molecule has 0 saturated carbocycles. The van der Waals surface area contributed by atoms with Gasteiger partial charge in [-0.2, -0.15) is 0 Å². The van der Waals surface area contributed by atoms with Crippen LogP contribution in [0.1, 0.15) is 28.8 Å². The van der Waals surface area contributed by atoms with Crippen LogP contribution >= 0.6 is 11.3 Å². The van der Waals surface area contributed by atoms with Gasteiger partial charge in [-0.25, -0.2) is 0 Å². The smallest absolute Gasteiger partial charge is 0.195 e. The molecule has 180 valence electrons. The van der Waals surface area contributed by atoms with E-state index in [1.165, 1.54) is 0 Å². The van der Waals surface area contributed by atoms with E-state index in [1.807, 2.05) is 72.8 Å². The van der Waals surface area contributed by atoms with Crippen molar-refractivity contribution in [1.82, 2.24) is 4.90 Å². The van der Waals surface area contributed by atoms with Gasteiger partial charge in [0.05, 0.1) is 13.2 Å². The number of fused-ring (bicyclic) bond motifs is 1. The summed E-state index contributed by atoms with van der Waals surface area (Å²) in [5.41, 5.74) is 2.39. The number of carbonyl (C=O) groups is 1. The second-order valence-electron chi connectivity index (χ2n) is 8.81. The molecule has 0 spiro atoms. The van der Waals surface area contributed by atoms with Gasteiger partial charge in [0.1, 0.15) is 18.1 Å². The number of methoxy groups -OCH3 is 1. The molecule has 6 heteroatoms. The van der Waals surface area contributed by atoms with Crippen molar-refractivity contribution in [1.29, 1.82) is 0 Å². The number of piperidine rings is 1. The molecule has 0 amide bonds. The van der Waals surface area contributed by atoms with Crippen LogP contribution < -0.4 is 9.47 Å². The van der Waals surface area contributed by atoms with Gasteiger partial charge in [-0.15, -0.1) is 11.3 Å². The Morgan fingerprint density at radius 1 is 1.00 bits per heavy atom. The molecule has 0 bridgehead atoms. The van der Waals surface area contributed by atoms with Crippen LogP contribution in [0, 0.1) is 0 Å². The van der Waals surface area contributed by atoms with Crippen LogP contribution in [0.3, 0.4) is 0 Å². The molecule has 3 aromatic carbocycles. The maximum absolute atomic E-state index is 13.7. The lowest BCUT2D eigenvalue weighted by Gasteiger charge is -2.29. The first kappa shape index (κ1) is 23.5. The molecule has 1 aromatic heterocycles. The number of hydrogen-bond acceptors (Lipinski definition) is 6. The van der Waals surface area contributed by atoms with Gasteiger partial charge in [0.25, 0.3) is 0 Å². The number of ether oxygens (including phenoxy) is 2. The fourth-order valence-electron chi connectivity index (χ4n) is 4.50. The van der Waals surface area contributed by atoms with Gasteiger partial charge in [0, 0.05) is 45.7 Å². The molecule has 2 heterocycles. The third-order valence-corrected chi connectivity index (χ3v) is 7.71. The Bertz CT molecular complexity index is 1290. The van der Waals surface area contributed by atoms with Gasteiger partial charge in [-0.1, -0.05) is 30.3 Å². The minimum Gasteiger partial charge on any atom is -0.497 e. The van der Waals surface area contributed by atoms with E-state index in [1.54, 1.807) is 18.4 Å². The number of ketones is 1. The lowest BCUT2D eigenvalue weighted by atomic mass is 9.97. The number of hydrogen-bond donors (Lipinski definition) is 1. The van der Waals surface area contributed by atoms with Gasteiger partial charge < -0.3 is 14.6 Å². The molecular weight excluding hydrogens is 458 g/mol. The Balaban J connectivity index is 1.36. The Hall–Kier alpha value is -3.19. The summed E-state index contributed by atoms with van der Waals surface area (Å²) in [6.07, 6.45) is 1.49. The average Bonchev–Trinajstić information content (AvgIpc) is 3.29. The molecule has 0 aliphatic carbocycles. The van der Waals surface area contributed by atoms with E-state index in [-0.39, 0.29) is 11.9 Å². The summed E-state index contributed by atoms with van der Waals surface area (Å²) in [5, 5.41) is 10.6. The molecule has 1 fully saturated rings. The summed E-state index contributed by atoms with van der Waals surface area (Å²) in [4.78, 5) is 17.0. The molecule has 4 aromatic rings. The zero-order valence-electron chi connectivity index (χ0n) is 19.8. The summed E-state index contributed by atoms with van der Waals surface area (Å²) in [6.45, 7) is 3.22. The second kappa shape index (κ2) is 10.6. The molecule has 0 radical (unpaired) electrons. The molecule has 1 saturated heterocycles. The van der Waals surface area contributed by atoms with Gasteiger partial charge >= 0.3 is 0 Å². The van der Waals surface area contributed by atoms with Crippen LogP contribution in [0.25, 0.3) is 20.5 Å². The first-order valence-corrected chi connectivity index (χ1v) is 12.8. The van der Waals surface area contributed by atoms with Crippen molar-refractivity contribution < 1.29 is 19.4 Å². The van der Waals surface area contributed by atoms with Crippen molar-refractivity contribution in [3.63, 3.8) is 0 Å². The van der Waals surface area contributed by atoms with Crippen molar-refractivity contribution >= 4 is 27.2 Å². The van der Waals surface area contributed by atoms with E-state index >= 15 is 0 Å². The molecule has 5 rings (SSSR count). The maximum atomic E-state index is 13.7. The molecule has 0 unspecified atom stereocenters. The SMILES string of the molecule is COc1ccc2c(C(=O)c3ccc(OCCN4CCC(O)CC4)cc3)c(-c3ccccc3)sc2c1. The highest BCUT2D eigenvalue weighted by Crippen LogP contribution is 2.41. The second-order valence-corrected chi connectivity index (χ2v) is 9.86. The van der Waals surface area contributed by atoms with Crippen molar-refractivity contribution in [3.05, 3.63) is 83.9 Å². The number of carbonyl (C=O) groups excluding carboxylic acids is 1. The minimum atomic E-state index is -0.165. The Kier molecular flexibility index (Phi) is 7.13. The number of aliphatic hydroxyl groups excluding tert-OH is 1. The molecular formula is C29H29NO4S. The zero-order valence-corrected chi connectivity index (χ0v) is 20.6. The Morgan fingerprint density at radius 3 is 2.43 bits per heavy atom. The Morgan fingerprint density at radius 2 is 1.71 bits per heavy atom. The number of thiophene rings is 1. The predicted molar refractivity (Wildman–Crippen MR) is 141 cm³/mol. The topological polar surface area (TPSA) is 59.0 Å². The fourth-order valence-corrected chi connectivity index (χ4v) is 5.74. The molecule has 1 aliphatic heterocycles. The van der Waals surface area contributed by atoms with E-state index in [4.69, 9.17) is 9.47 Å². The number of rotatable bonds is 8. The standard InChI is InChI=1S/C29H29NO4S/c1-33-24-11-12-25-26(19-24)35-29(21-5-3-2-4-6-21)27(25)28(32)20-7-9-23(10-8-20)34-18-17-30-15-13-22(31)14-16-30/h2-12,19,22,31H,13-18H2,1H3. The van der Waals surface area contributed by atoms with E-state index in [0.717, 1.165) is 70.1 Å². The largest absolute Gasteiger partial charge is 0.497 e. The number of nitrogens with zero attached hydrogens (tertiary/aromatic N) is 1. The van der Waals surface area contributed by atoms with E-state index in [0.29, 0.717) is 12.2 Å². The van der Waals surface area contributed by atoms with Crippen LogP contribution in [-0.4, -0.2) is 55.2 Å². The zero-order chi connectivity index (χ0) is 24.2. The summed E-state index contributed by atoms with van der Waals surface area (Å²) in [7, 11) is 1.65. The highest BCUT2D eigenvalue weighted by atomic mass is 32.1. The Labute approximate surface area is 209 Å². The first-order chi connectivity index (χ1) is 17.1. The van der Waals surface area contributed by atoms with Crippen LogP contribution in [0.4, 0.5) is 0 Å². The summed E-state index contributed by atoms with van der Waals surface area (Å²) in [5.74, 6) is 1.53. The van der Waals surface area contributed by atoms with E-state index < -0.39 is 0 Å². The lowest BCUT2D eigenvalue weighted by Crippen LogP contribution is -2.38. The van der Waals surface area contributed by atoms with Crippen molar-refractivity contribution in [2.45, 2.75) is 18.9 Å². The molecule has 0 atom stereocenters. The monoisotopic (exact) mass is 487 g/mol. The summed E-state index contributed by atoms with van der Waals surface area (Å²) in [6, 6.07) is 23.3. The average molecular weight is 488 g/mol. The summed E-state index contributed by atoms with van der Waals surface area (Å²) >= 11 is 1.61. The third kappa shape index (κ3) is 5.25. The van der Waals surface area contributed by atoms with Crippen molar-refractivity contribution in [3.8, 4) is 21.9 Å². The van der Waals surface area contributed by atoms with Gasteiger partial charge in [0.2, 0.25) is 0 Å². The lowest BCUT2D eigenvalue weighted by molar-refractivity contribution is 0.0755. The molecule has 5 nitrogen and oxygen atoms in total. The normalized spacial score (nSPS) is 14.8. The van der Waals surface area contributed by atoms with Crippen LogP contribution in [0.15, 0.2) is 72.8 Å². The van der Waals surface area contributed by atoms with Crippen LogP contribution in [0.5, 0.6) is 11.5 Å². The number of likely N-dealkylation sites (tertiary alicyclic amines) is 1. The van der Waals surface area contributed by atoms with Crippen molar-refractivity contribution in [2.75, 3.05) is 33.4 Å². The molecule has 1 N–H and O–H groups in total. The van der Waals surface area contributed by atoms with Crippen LogP contribution in [-0.2, 0) is 0 Å². The summed E-state index contributed by atoms with van der Waals surface area (Å²) < 4.78 is 12.4. The fraction of sp³-hybridized carbons (Fsp3) is 0.276. The van der Waals surface area contributed by atoms with Gasteiger partial charge in [-0.3, -0.25) is 9.69 Å². The highest BCUT2D eigenvalue weighted by Gasteiger charge is 2.22. The molecule has 35 heavy (non-hydrogen) atoms. The predicted octanol–water partition coefficient (Wildman–Crippen LogP) is 5.64. The third-order valence-electron chi connectivity index (χ3n) is 6.51. The maximum Gasteiger partial charge on any atom is 0.195 e. The number of benzene rings is 3. The minimum absolute atomic E-state index is 0.00121. The highest BCUT2D eigenvalue weighted by molar-refractivity contribution is 7.22. The quantitative estimate of drug-likeness (QED) is 0.326. The van der Waals surface area contributed by atoms with E-state index in [2.05, 4.69) is 4.90 Å². The van der Waals surface area contributed by atoms with Gasteiger partial charge in [-0.05, 0) is 60.9 Å². The van der Waals surface area contributed by atoms with E-state index in [9.17, 15) is 9.90 Å². The first-order valence-electron chi connectivity index (χ1n) is 12.0.